The lowest BCUT2D eigenvalue weighted by Gasteiger charge is -2.28. The first-order valence-corrected chi connectivity index (χ1v) is 8.45. The number of hydrogen-bond donors (Lipinski definition) is 1. The molecule has 1 unspecified atom stereocenters. The highest BCUT2D eigenvalue weighted by atomic mass is 32.2. The summed E-state index contributed by atoms with van der Waals surface area (Å²) in [5.74, 6) is 0.835. The molecular weight excluding hydrogens is 292 g/mol. The summed E-state index contributed by atoms with van der Waals surface area (Å²) in [7, 11) is -0.351. The van der Waals surface area contributed by atoms with Crippen molar-refractivity contribution in [3.05, 3.63) is 12.4 Å². The minimum atomic E-state index is -3.60. The third-order valence-electron chi connectivity index (χ3n) is 3.73. The smallest absolute Gasteiger partial charge is 0.246 e. The maximum Gasteiger partial charge on any atom is 0.246 e. The Morgan fingerprint density at radius 3 is 2.52 bits per heavy atom. The molecule has 21 heavy (non-hydrogen) atoms. The van der Waals surface area contributed by atoms with Crippen molar-refractivity contribution in [1.82, 2.24) is 14.3 Å². The lowest BCUT2D eigenvalue weighted by molar-refractivity contribution is 0.164. The Hall–Kier alpha value is -1.25. The van der Waals surface area contributed by atoms with Crippen LogP contribution >= 0.6 is 0 Å². The van der Waals surface area contributed by atoms with Gasteiger partial charge in [0.2, 0.25) is 16.0 Å². The molecule has 0 saturated heterocycles. The fraction of sp³-hybridized carbons (Fsp3) is 0.692. The quantitative estimate of drug-likeness (QED) is 0.769. The molecule has 0 bridgehead atoms. The van der Waals surface area contributed by atoms with Gasteiger partial charge in [0, 0.05) is 26.7 Å². The summed E-state index contributed by atoms with van der Waals surface area (Å²) >= 11 is 0. The topological polar surface area (TPSA) is 84.4 Å². The molecular formula is C13H22N4O3S. The van der Waals surface area contributed by atoms with E-state index in [0.29, 0.717) is 25.0 Å². The third kappa shape index (κ3) is 3.69. The van der Waals surface area contributed by atoms with Crippen molar-refractivity contribution >= 4 is 16.0 Å². The summed E-state index contributed by atoms with van der Waals surface area (Å²) in [5.41, 5.74) is 0. The number of ether oxygens (including phenoxy) is 1. The molecule has 118 valence electrons. The number of anilines is 1. The SMILES string of the molecule is CNc1ncc(S(=O)(=O)N(CCOC)C(C)C2CC2)cn1. The average molecular weight is 314 g/mol. The predicted octanol–water partition coefficient (Wildman–Crippen LogP) is 0.954. The first kappa shape index (κ1) is 16.1. The van der Waals surface area contributed by atoms with Gasteiger partial charge in [-0.25, -0.2) is 18.4 Å². The van der Waals surface area contributed by atoms with E-state index in [1.807, 2.05) is 6.92 Å². The van der Waals surface area contributed by atoms with E-state index in [1.54, 1.807) is 14.2 Å². The van der Waals surface area contributed by atoms with Crippen LogP contribution in [-0.2, 0) is 14.8 Å². The van der Waals surface area contributed by atoms with E-state index in [4.69, 9.17) is 4.74 Å². The number of methoxy groups -OCH3 is 1. The number of sulfonamides is 1. The monoisotopic (exact) mass is 314 g/mol. The normalized spacial score (nSPS) is 17.0. The maximum absolute atomic E-state index is 12.8. The molecule has 1 N–H and O–H groups in total. The highest BCUT2D eigenvalue weighted by Crippen LogP contribution is 2.36. The molecule has 2 rings (SSSR count). The highest BCUT2D eigenvalue weighted by Gasteiger charge is 2.38. The lowest BCUT2D eigenvalue weighted by Crippen LogP contribution is -2.42. The van der Waals surface area contributed by atoms with Gasteiger partial charge < -0.3 is 10.1 Å². The van der Waals surface area contributed by atoms with Crippen LogP contribution in [0.5, 0.6) is 0 Å². The van der Waals surface area contributed by atoms with E-state index in [0.717, 1.165) is 12.8 Å². The number of nitrogens with zero attached hydrogens (tertiary/aromatic N) is 3. The molecule has 0 aromatic carbocycles. The lowest BCUT2D eigenvalue weighted by atomic mass is 10.2. The number of aromatic nitrogens is 2. The third-order valence-corrected chi connectivity index (χ3v) is 5.67. The molecule has 0 radical (unpaired) electrons. The second kappa shape index (κ2) is 6.67. The Morgan fingerprint density at radius 1 is 1.43 bits per heavy atom. The van der Waals surface area contributed by atoms with E-state index in [9.17, 15) is 8.42 Å². The van der Waals surface area contributed by atoms with Crippen molar-refractivity contribution in [3.63, 3.8) is 0 Å². The Labute approximate surface area is 125 Å². The van der Waals surface area contributed by atoms with E-state index in [1.165, 1.54) is 16.7 Å². The molecule has 0 aliphatic heterocycles. The van der Waals surface area contributed by atoms with Gasteiger partial charge in [-0.15, -0.1) is 0 Å². The zero-order valence-corrected chi connectivity index (χ0v) is 13.4. The summed E-state index contributed by atoms with van der Waals surface area (Å²) in [4.78, 5) is 8.09. The average Bonchev–Trinajstić information content (AvgIpc) is 3.32. The standard InChI is InChI=1S/C13H22N4O3S/c1-10(11-4-5-11)17(6-7-20-3)21(18,19)12-8-15-13(14-2)16-9-12/h8-11H,4-7H2,1-3H3,(H,14,15,16). The zero-order chi connectivity index (χ0) is 15.5. The van der Waals surface area contributed by atoms with Crippen LogP contribution in [0.15, 0.2) is 17.3 Å². The van der Waals surface area contributed by atoms with Gasteiger partial charge in [0.05, 0.1) is 19.0 Å². The largest absolute Gasteiger partial charge is 0.383 e. The van der Waals surface area contributed by atoms with Crippen molar-refractivity contribution in [2.24, 2.45) is 5.92 Å². The van der Waals surface area contributed by atoms with Crippen LogP contribution in [0.3, 0.4) is 0 Å². The molecule has 1 aromatic heterocycles. The van der Waals surface area contributed by atoms with Gasteiger partial charge in [0.25, 0.3) is 0 Å². The highest BCUT2D eigenvalue weighted by molar-refractivity contribution is 7.89. The van der Waals surface area contributed by atoms with Crippen LogP contribution in [0.25, 0.3) is 0 Å². The molecule has 1 saturated carbocycles. The van der Waals surface area contributed by atoms with Crippen LogP contribution in [0.2, 0.25) is 0 Å². The van der Waals surface area contributed by atoms with Gasteiger partial charge in [-0.2, -0.15) is 4.31 Å². The second-order valence-electron chi connectivity index (χ2n) is 5.18. The summed E-state index contributed by atoms with van der Waals surface area (Å²) in [5, 5.41) is 2.77. The molecule has 1 aliphatic carbocycles. The summed E-state index contributed by atoms with van der Waals surface area (Å²) < 4.78 is 32.1. The Bertz CT molecular complexity index is 557. The van der Waals surface area contributed by atoms with E-state index >= 15 is 0 Å². The zero-order valence-electron chi connectivity index (χ0n) is 12.6. The first-order chi connectivity index (χ1) is 10.0. The molecule has 1 atom stereocenters. The minimum absolute atomic E-state index is 0.0332. The Balaban J connectivity index is 2.26. The van der Waals surface area contributed by atoms with Crippen molar-refractivity contribution in [2.45, 2.75) is 30.7 Å². The molecule has 0 amide bonds. The van der Waals surface area contributed by atoms with Gasteiger partial charge in [0.15, 0.2) is 0 Å². The fourth-order valence-corrected chi connectivity index (χ4v) is 3.82. The van der Waals surface area contributed by atoms with Crippen molar-refractivity contribution in [2.75, 3.05) is 32.6 Å². The predicted molar refractivity (Wildman–Crippen MR) is 79.5 cm³/mol. The number of nitrogens with one attached hydrogen (secondary N) is 1. The fourth-order valence-electron chi connectivity index (χ4n) is 2.25. The molecule has 1 heterocycles. The van der Waals surface area contributed by atoms with Crippen LogP contribution in [-0.4, -0.2) is 56.0 Å². The summed E-state index contributed by atoms with van der Waals surface area (Å²) in [6.45, 7) is 2.66. The summed E-state index contributed by atoms with van der Waals surface area (Å²) in [6.07, 6.45) is 4.84. The van der Waals surface area contributed by atoms with E-state index < -0.39 is 10.0 Å². The van der Waals surface area contributed by atoms with Crippen LogP contribution in [0, 0.1) is 5.92 Å². The number of rotatable bonds is 8. The van der Waals surface area contributed by atoms with E-state index in [2.05, 4.69) is 15.3 Å². The number of hydrogen-bond acceptors (Lipinski definition) is 6. The molecule has 1 fully saturated rings. The van der Waals surface area contributed by atoms with Gasteiger partial charge in [-0.05, 0) is 25.7 Å². The van der Waals surface area contributed by atoms with Crippen LogP contribution < -0.4 is 5.32 Å². The molecule has 0 spiro atoms. The van der Waals surface area contributed by atoms with Gasteiger partial charge in [-0.1, -0.05) is 0 Å². The van der Waals surface area contributed by atoms with Crippen LogP contribution in [0.1, 0.15) is 19.8 Å². The molecule has 1 aromatic rings. The van der Waals surface area contributed by atoms with Crippen molar-refractivity contribution in [1.29, 1.82) is 0 Å². The molecule has 1 aliphatic rings. The maximum atomic E-state index is 12.8. The van der Waals surface area contributed by atoms with Crippen molar-refractivity contribution < 1.29 is 13.2 Å². The second-order valence-corrected chi connectivity index (χ2v) is 7.07. The Morgan fingerprint density at radius 2 is 2.05 bits per heavy atom. The van der Waals surface area contributed by atoms with Gasteiger partial charge in [-0.3, -0.25) is 0 Å². The van der Waals surface area contributed by atoms with Gasteiger partial charge >= 0.3 is 0 Å². The minimum Gasteiger partial charge on any atom is -0.383 e. The van der Waals surface area contributed by atoms with E-state index in [-0.39, 0.29) is 10.9 Å². The molecule has 7 nitrogen and oxygen atoms in total. The summed E-state index contributed by atoms with van der Waals surface area (Å²) in [6, 6.07) is -0.0332. The van der Waals surface area contributed by atoms with Crippen molar-refractivity contribution in [3.8, 4) is 0 Å². The Kier molecular flexibility index (Phi) is 5.13. The molecule has 8 heteroatoms. The first-order valence-electron chi connectivity index (χ1n) is 7.01. The van der Waals surface area contributed by atoms with Gasteiger partial charge in [0.1, 0.15) is 4.90 Å². The van der Waals surface area contributed by atoms with Crippen LogP contribution in [0.4, 0.5) is 5.95 Å².